The average Bonchev–Trinajstić information content (AvgIpc) is 3.36. The van der Waals surface area contributed by atoms with Gasteiger partial charge in [0.2, 0.25) is 0 Å². The molecule has 0 amide bonds. The van der Waals surface area contributed by atoms with Crippen molar-refractivity contribution in [3.63, 3.8) is 0 Å². The van der Waals surface area contributed by atoms with Crippen LogP contribution in [0.4, 0.5) is 0 Å². The molecule has 0 spiro atoms. The lowest BCUT2D eigenvalue weighted by molar-refractivity contribution is 0.123. The number of fused-ring (bicyclic) bond motifs is 2. The minimum absolute atomic E-state index is 0.0250. The van der Waals surface area contributed by atoms with E-state index in [1.807, 2.05) is 0 Å². The predicted molar refractivity (Wildman–Crippen MR) is 195 cm³/mol. The summed E-state index contributed by atoms with van der Waals surface area (Å²) in [5.41, 5.74) is 6.95. The summed E-state index contributed by atoms with van der Waals surface area (Å²) in [6.07, 6.45) is 13.7. The van der Waals surface area contributed by atoms with Gasteiger partial charge in [-0.05, 0) is 158 Å². The molecule has 7 rings (SSSR count). The summed E-state index contributed by atoms with van der Waals surface area (Å²) >= 11 is 2.34. The van der Waals surface area contributed by atoms with E-state index in [0.29, 0.717) is 12.6 Å². The highest BCUT2D eigenvalue weighted by Crippen LogP contribution is 2.48. The summed E-state index contributed by atoms with van der Waals surface area (Å²) in [5, 5.41) is 0. The molecular formula is C40H49IN2O3. The maximum atomic E-state index is 7.01. The summed E-state index contributed by atoms with van der Waals surface area (Å²) in [5.74, 6) is 2.97. The number of allylic oxidation sites excluding steroid dienone is 1. The maximum Gasteiger partial charge on any atom is 0.145 e. The van der Waals surface area contributed by atoms with Crippen molar-refractivity contribution in [3.8, 4) is 17.2 Å². The molecule has 2 fully saturated rings. The molecule has 3 aromatic rings. The predicted octanol–water partition coefficient (Wildman–Crippen LogP) is 9.61. The monoisotopic (exact) mass is 732 g/mol. The van der Waals surface area contributed by atoms with Gasteiger partial charge in [-0.1, -0.05) is 43.5 Å². The Morgan fingerprint density at radius 1 is 0.674 bits per heavy atom. The van der Waals surface area contributed by atoms with Crippen molar-refractivity contribution in [2.45, 2.75) is 82.8 Å². The number of rotatable bonds is 10. The van der Waals surface area contributed by atoms with E-state index in [1.165, 1.54) is 102 Å². The molecule has 244 valence electrons. The van der Waals surface area contributed by atoms with Gasteiger partial charge in [0.1, 0.15) is 36.6 Å². The molecule has 0 bridgehead atoms. The molecule has 2 saturated heterocycles. The number of likely N-dealkylation sites (tertiary alicyclic amines) is 2. The van der Waals surface area contributed by atoms with Crippen LogP contribution in [0.25, 0.3) is 5.57 Å². The van der Waals surface area contributed by atoms with E-state index in [9.17, 15) is 0 Å². The summed E-state index contributed by atoms with van der Waals surface area (Å²) in [7, 11) is 0. The van der Waals surface area contributed by atoms with Gasteiger partial charge < -0.3 is 14.2 Å². The molecule has 0 aromatic heterocycles. The Hall–Kier alpha value is -2.55. The Bertz CT molecular complexity index is 1460. The zero-order chi connectivity index (χ0) is 31.1. The molecule has 1 aliphatic carbocycles. The van der Waals surface area contributed by atoms with Crippen molar-refractivity contribution in [2.24, 2.45) is 0 Å². The number of benzene rings is 3. The van der Waals surface area contributed by atoms with Gasteiger partial charge in [-0.15, -0.1) is 0 Å². The van der Waals surface area contributed by atoms with E-state index < -0.39 is 0 Å². The lowest BCUT2D eigenvalue weighted by Crippen LogP contribution is -2.36. The van der Waals surface area contributed by atoms with Crippen LogP contribution >= 0.6 is 22.6 Å². The summed E-state index contributed by atoms with van der Waals surface area (Å²) in [6.45, 7) is 6.93. The Balaban J connectivity index is 1.06. The third-order valence-corrected chi connectivity index (χ3v) is 11.1. The lowest BCUT2D eigenvalue weighted by atomic mass is 9.85. The van der Waals surface area contributed by atoms with E-state index in [0.717, 1.165) is 56.3 Å². The summed E-state index contributed by atoms with van der Waals surface area (Å²) in [4.78, 5) is 5.16. The van der Waals surface area contributed by atoms with Gasteiger partial charge >= 0.3 is 0 Å². The second kappa shape index (κ2) is 15.6. The van der Waals surface area contributed by atoms with Crippen molar-refractivity contribution in [2.75, 3.05) is 45.9 Å². The molecule has 0 saturated carbocycles. The van der Waals surface area contributed by atoms with E-state index >= 15 is 0 Å². The van der Waals surface area contributed by atoms with Crippen LogP contribution in [-0.4, -0.2) is 55.7 Å². The van der Waals surface area contributed by atoms with Crippen LogP contribution in [0.1, 0.15) is 99.5 Å². The number of hydrogen-bond acceptors (Lipinski definition) is 5. The van der Waals surface area contributed by atoms with Crippen LogP contribution in [0, 0.1) is 3.57 Å². The molecule has 3 aliphatic heterocycles. The molecule has 46 heavy (non-hydrogen) atoms. The fraction of sp³-hybridized carbons (Fsp3) is 0.500. The summed E-state index contributed by atoms with van der Waals surface area (Å²) in [6, 6.07) is 24.6. The standard InChI is InChI=1S/C40H49IN2O3/c41-32-15-19-34(20-16-32)45-28-26-43-24-8-5-11-38(43)31-14-21-36-35-9-3-1-4-10-37(35)40(46-39(36)29-31)30-12-17-33(18-13-30)44-27-25-42-22-6-2-7-23-42/h12-21,29,38,40H,1-11,22-28H2. The van der Waals surface area contributed by atoms with Crippen molar-refractivity contribution in [1.82, 2.24) is 9.80 Å². The first-order valence-corrected chi connectivity index (χ1v) is 18.9. The largest absolute Gasteiger partial charge is 0.492 e. The van der Waals surface area contributed by atoms with Crippen molar-refractivity contribution in [3.05, 3.63) is 92.6 Å². The second-order valence-corrected chi connectivity index (χ2v) is 14.7. The van der Waals surface area contributed by atoms with Crippen LogP contribution in [-0.2, 0) is 0 Å². The third-order valence-electron chi connectivity index (χ3n) is 10.4. The fourth-order valence-corrected chi connectivity index (χ4v) is 8.28. The molecule has 5 nitrogen and oxygen atoms in total. The minimum Gasteiger partial charge on any atom is -0.492 e. The molecular weight excluding hydrogens is 683 g/mol. The Morgan fingerprint density at radius 3 is 2.15 bits per heavy atom. The quantitative estimate of drug-likeness (QED) is 0.194. The van der Waals surface area contributed by atoms with Crippen LogP contribution in [0.3, 0.4) is 0 Å². The van der Waals surface area contributed by atoms with Gasteiger partial charge in [-0.3, -0.25) is 9.80 Å². The maximum absolute atomic E-state index is 7.01. The first kappa shape index (κ1) is 32.0. The number of hydrogen-bond donors (Lipinski definition) is 0. The SMILES string of the molecule is Ic1ccc(OCCN2CCCCC2c2ccc3c(c2)OC(c2ccc(OCCN4CCCCC4)cc2)C2=C3CCCCC2)cc1. The van der Waals surface area contributed by atoms with Crippen LogP contribution < -0.4 is 14.2 Å². The van der Waals surface area contributed by atoms with E-state index in [2.05, 4.69) is 99.1 Å². The van der Waals surface area contributed by atoms with Gasteiger partial charge in [0.05, 0.1) is 0 Å². The van der Waals surface area contributed by atoms with Crippen LogP contribution in [0.2, 0.25) is 0 Å². The molecule has 0 N–H and O–H groups in total. The van der Waals surface area contributed by atoms with Gasteiger partial charge in [0, 0.05) is 28.3 Å². The number of nitrogens with zero attached hydrogens (tertiary/aromatic N) is 2. The fourth-order valence-electron chi connectivity index (χ4n) is 7.92. The van der Waals surface area contributed by atoms with Crippen LogP contribution in [0.5, 0.6) is 17.2 Å². The van der Waals surface area contributed by atoms with Crippen molar-refractivity contribution >= 4 is 28.2 Å². The number of ether oxygens (including phenoxy) is 3. The topological polar surface area (TPSA) is 34.2 Å². The Morgan fingerprint density at radius 2 is 1.35 bits per heavy atom. The highest BCUT2D eigenvalue weighted by molar-refractivity contribution is 14.1. The lowest BCUT2D eigenvalue weighted by Gasteiger charge is -2.37. The van der Waals surface area contributed by atoms with Gasteiger partial charge in [-0.25, -0.2) is 0 Å². The molecule has 6 heteroatoms. The van der Waals surface area contributed by atoms with Gasteiger partial charge in [0.25, 0.3) is 0 Å². The third kappa shape index (κ3) is 7.77. The molecule has 2 atom stereocenters. The summed E-state index contributed by atoms with van der Waals surface area (Å²) < 4.78 is 20.6. The zero-order valence-corrected chi connectivity index (χ0v) is 29.4. The van der Waals surface area contributed by atoms with E-state index in [-0.39, 0.29) is 6.10 Å². The molecule has 2 unspecified atom stereocenters. The first-order chi connectivity index (χ1) is 22.7. The van der Waals surface area contributed by atoms with Gasteiger partial charge in [0.15, 0.2) is 0 Å². The highest BCUT2D eigenvalue weighted by atomic mass is 127. The first-order valence-electron chi connectivity index (χ1n) is 17.8. The highest BCUT2D eigenvalue weighted by Gasteiger charge is 2.32. The smallest absolute Gasteiger partial charge is 0.145 e. The van der Waals surface area contributed by atoms with Crippen molar-refractivity contribution < 1.29 is 14.2 Å². The molecule has 0 radical (unpaired) electrons. The van der Waals surface area contributed by atoms with Crippen molar-refractivity contribution in [1.29, 1.82) is 0 Å². The molecule has 3 aromatic carbocycles. The van der Waals surface area contributed by atoms with Crippen LogP contribution in [0.15, 0.2) is 72.3 Å². The van der Waals surface area contributed by atoms with Gasteiger partial charge in [-0.2, -0.15) is 0 Å². The zero-order valence-electron chi connectivity index (χ0n) is 27.2. The van der Waals surface area contributed by atoms with E-state index in [4.69, 9.17) is 14.2 Å². The molecule has 4 aliphatic rings. The van der Waals surface area contributed by atoms with E-state index in [1.54, 1.807) is 0 Å². The molecule has 3 heterocycles. The average molecular weight is 733 g/mol. The Kier molecular flexibility index (Phi) is 10.8. The Labute approximate surface area is 289 Å². The number of halogens is 1. The minimum atomic E-state index is -0.0250. The second-order valence-electron chi connectivity index (χ2n) is 13.5. The normalized spacial score (nSPS) is 22.4. The number of piperidine rings is 2.